The smallest absolute Gasteiger partial charge is 0.293 e. The summed E-state index contributed by atoms with van der Waals surface area (Å²) in [7, 11) is 0. The van der Waals surface area contributed by atoms with Crippen LogP contribution in [0.15, 0.2) is 83.8 Å². The number of carbonyl (C=O) groups is 2. The summed E-state index contributed by atoms with van der Waals surface area (Å²) >= 11 is 0.962. The number of ether oxygens (including phenoxy) is 1. The van der Waals surface area contributed by atoms with Gasteiger partial charge in [0.25, 0.3) is 11.1 Å². The van der Waals surface area contributed by atoms with Crippen molar-refractivity contribution in [2.45, 2.75) is 19.4 Å². The standard InChI is InChI=1S/C26H22FNO3S/c27-23-11-5-4-10-21(23)18-31-22-14-12-20(13-15-22)17-24-25(29)28(26(30)32-24)16-6-9-19-7-2-1-3-8-19/h1-5,7-8,10-15,17H,6,9,16,18H2/b24-17+. The van der Waals surface area contributed by atoms with E-state index in [4.69, 9.17) is 4.74 Å². The molecule has 0 unspecified atom stereocenters. The normalized spacial score (nSPS) is 14.9. The lowest BCUT2D eigenvalue weighted by Gasteiger charge is -2.12. The maximum atomic E-state index is 13.7. The van der Waals surface area contributed by atoms with Crippen LogP contribution < -0.4 is 4.74 Å². The molecule has 32 heavy (non-hydrogen) atoms. The largest absolute Gasteiger partial charge is 0.489 e. The van der Waals surface area contributed by atoms with Crippen LogP contribution in [0.2, 0.25) is 0 Å². The molecule has 0 N–H and O–H groups in total. The molecule has 3 aromatic carbocycles. The van der Waals surface area contributed by atoms with Crippen molar-refractivity contribution in [1.29, 1.82) is 0 Å². The molecule has 0 saturated carbocycles. The summed E-state index contributed by atoms with van der Waals surface area (Å²) in [6.45, 7) is 0.535. The number of nitrogens with zero attached hydrogens (tertiary/aromatic N) is 1. The highest BCUT2D eigenvalue weighted by Gasteiger charge is 2.34. The van der Waals surface area contributed by atoms with Crippen molar-refractivity contribution >= 4 is 29.0 Å². The summed E-state index contributed by atoms with van der Waals surface area (Å²) in [5.41, 5.74) is 2.46. The predicted molar refractivity (Wildman–Crippen MR) is 125 cm³/mol. The second-order valence-electron chi connectivity index (χ2n) is 7.37. The molecule has 6 heteroatoms. The van der Waals surface area contributed by atoms with Gasteiger partial charge in [0.05, 0.1) is 4.91 Å². The van der Waals surface area contributed by atoms with E-state index < -0.39 is 0 Å². The fraction of sp³-hybridized carbons (Fsp3) is 0.154. The highest BCUT2D eigenvalue weighted by Crippen LogP contribution is 2.32. The number of benzene rings is 3. The van der Waals surface area contributed by atoms with Crippen molar-refractivity contribution in [2.75, 3.05) is 6.54 Å². The fourth-order valence-electron chi connectivity index (χ4n) is 3.37. The summed E-state index contributed by atoms with van der Waals surface area (Å²) in [6, 6.07) is 23.6. The summed E-state index contributed by atoms with van der Waals surface area (Å²) in [5, 5.41) is -0.237. The number of aryl methyl sites for hydroxylation is 1. The van der Waals surface area contributed by atoms with Gasteiger partial charge in [0.1, 0.15) is 18.2 Å². The first kappa shape index (κ1) is 21.8. The molecule has 4 rings (SSSR count). The number of imide groups is 1. The zero-order valence-electron chi connectivity index (χ0n) is 17.4. The highest BCUT2D eigenvalue weighted by molar-refractivity contribution is 8.18. The van der Waals surface area contributed by atoms with E-state index in [0.29, 0.717) is 22.8 Å². The van der Waals surface area contributed by atoms with Crippen LogP contribution in [0.5, 0.6) is 5.75 Å². The second-order valence-corrected chi connectivity index (χ2v) is 8.36. The molecule has 2 amide bonds. The van der Waals surface area contributed by atoms with Gasteiger partial charge in [0.15, 0.2) is 0 Å². The van der Waals surface area contributed by atoms with E-state index in [1.165, 1.54) is 16.5 Å². The first-order chi connectivity index (χ1) is 15.6. The van der Waals surface area contributed by atoms with Crippen molar-refractivity contribution in [1.82, 2.24) is 4.90 Å². The summed E-state index contributed by atoms with van der Waals surface area (Å²) < 4.78 is 19.3. The Morgan fingerprint density at radius 1 is 0.906 bits per heavy atom. The number of carbonyl (C=O) groups excluding carboxylic acids is 2. The van der Waals surface area contributed by atoms with E-state index in [1.807, 2.05) is 30.3 Å². The van der Waals surface area contributed by atoms with Crippen molar-refractivity contribution in [3.8, 4) is 5.75 Å². The molecule has 1 aliphatic heterocycles. The molecule has 4 nitrogen and oxygen atoms in total. The summed E-state index contributed by atoms with van der Waals surface area (Å²) in [4.78, 5) is 26.7. The second kappa shape index (κ2) is 10.3. The Hall–Kier alpha value is -3.38. The quantitative estimate of drug-likeness (QED) is 0.393. The molecule has 1 saturated heterocycles. The van der Waals surface area contributed by atoms with Gasteiger partial charge in [-0.2, -0.15) is 0 Å². The average Bonchev–Trinajstić information content (AvgIpc) is 3.07. The van der Waals surface area contributed by atoms with Gasteiger partial charge in [-0.3, -0.25) is 14.5 Å². The Kier molecular flexibility index (Phi) is 7.02. The van der Waals surface area contributed by atoms with Crippen molar-refractivity contribution < 1.29 is 18.7 Å². The monoisotopic (exact) mass is 447 g/mol. The fourth-order valence-corrected chi connectivity index (χ4v) is 4.23. The van der Waals surface area contributed by atoms with Crippen molar-refractivity contribution in [3.05, 3.63) is 106 Å². The first-order valence-electron chi connectivity index (χ1n) is 10.4. The number of amides is 2. The van der Waals surface area contributed by atoms with Crippen LogP contribution in [0.4, 0.5) is 9.18 Å². The number of hydrogen-bond donors (Lipinski definition) is 0. The van der Waals surface area contributed by atoms with E-state index in [2.05, 4.69) is 0 Å². The molecule has 0 atom stereocenters. The van der Waals surface area contributed by atoms with E-state index in [0.717, 1.165) is 30.2 Å². The Bertz CT molecular complexity index is 1130. The highest BCUT2D eigenvalue weighted by atomic mass is 32.2. The van der Waals surface area contributed by atoms with Gasteiger partial charge in [-0.05, 0) is 60.0 Å². The van der Waals surface area contributed by atoms with Crippen LogP contribution in [-0.2, 0) is 17.8 Å². The predicted octanol–water partition coefficient (Wildman–Crippen LogP) is 6.07. The molecule has 1 fully saturated rings. The Balaban J connectivity index is 1.33. The molecular weight excluding hydrogens is 425 g/mol. The maximum absolute atomic E-state index is 13.7. The summed E-state index contributed by atoms with van der Waals surface area (Å²) in [5.74, 6) is 0.0379. The third-order valence-electron chi connectivity index (χ3n) is 5.09. The summed E-state index contributed by atoms with van der Waals surface area (Å²) in [6.07, 6.45) is 3.25. The number of hydrogen-bond acceptors (Lipinski definition) is 4. The molecule has 0 spiro atoms. The number of halogens is 1. The molecule has 0 radical (unpaired) electrons. The Morgan fingerprint density at radius 2 is 1.62 bits per heavy atom. The number of rotatable bonds is 8. The zero-order chi connectivity index (χ0) is 22.3. The van der Waals surface area contributed by atoms with E-state index in [-0.39, 0.29) is 23.6 Å². The molecule has 0 aromatic heterocycles. The number of thioether (sulfide) groups is 1. The molecule has 3 aromatic rings. The minimum Gasteiger partial charge on any atom is -0.489 e. The Labute approximate surface area is 190 Å². The van der Waals surface area contributed by atoms with Crippen LogP contribution in [0.25, 0.3) is 6.08 Å². The maximum Gasteiger partial charge on any atom is 0.293 e. The van der Waals surface area contributed by atoms with E-state index in [1.54, 1.807) is 48.5 Å². The van der Waals surface area contributed by atoms with Crippen molar-refractivity contribution in [3.63, 3.8) is 0 Å². The van der Waals surface area contributed by atoms with E-state index >= 15 is 0 Å². The molecule has 0 bridgehead atoms. The Morgan fingerprint density at radius 3 is 2.38 bits per heavy atom. The molecular formula is C26H22FNO3S. The van der Waals surface area contributed by atoms with Gasteiger partial charge in [-0.15, -0.1) is 0 Å². The molecule has 0 aliphatic carbocycles. The lowest BCUT2D eigenvalue weighted by atomic mass is 10.1. The van der Waals surface area contributed by atoms with Gasteiger partial charge in [0.2, 0.25) is 0 Å². The molecule has 1 aliphatic rings. The van der Waals surface area contributed by atoms with Gasteiger partial charge in [-0.25, -0.2) is 4.39 Å². The van der Waals surface area contributed by atoms with Crippen LogP contribution in [0, 0.1) is 5.82 Å². The van der Waals surface area contributed by atoms with Gasteiger partial charge in [-0.1, -0.05) is 60.7 Å². The lowest BCUT2D eigenvalue weighted by molar-refractivity contribution is -0.122. The zero-order valence-corrected chi connectivity index (χ0v) is 18.2. The van der Waals surface area contributed by atoms with Gasteiger partial charge in [0, 0.05) is 12.1 Å². The average molecular weight is 448 g/mol. The molecule has 162 valence electrons. The third-order valence-corrected chi connectivity index (χ3v) is 6.00. The third kappa shape index (κ3) is 5.45. The topological polar surface area (TPSA) is 46.6 Å². The SMILES string of the molecule is O=C1S/C(=C/c2ccc(OCc3ccccc3F)cc2)C(=O)N1CCCc1ccccc1. The minimum absolute atomic E-state index is 0.133. The van der Waals surface area contributed by atoms with Gasteiger partial charge < -0.3 is 4.74 Å². The van der Waals surface area contributed by atoms with Crippen LogP contribution >= 0.6 is 11.8 Å². The van der Waals surface area contributed by atoms with Crippen LogP contribution in [0.1, 0.15) is 23.1 Å². The first-order valence-corrected chi connectivity index (χ1v) is 11.2. The lowest BCUT2D eigenvalue weighted by Crippen LogP contribution is -2.29. The van der Waals surface area contributed by atoms with Crippen LogP contribution in [0.3, 0.4) is 0 Å². The van der Waals surface area contributed by atoms with Crippen molar-refractivity contribution in [2.24, 2.45) is 0 Å². The van der Waals surface area contributed by atoms with E-state index in [9.17, 15) is 14.0 Å². The van der Waals surface area contributed by atoms with Crippen LogP contribution in [-0.4, -0.2) is 22.6 Å². The minimum atomic E-state index is -0.302. The molecule has 1 heterocycles. The van der Waals surface area contributed by atoms with Gasteiger partial charge >= 0.3 is 0 Å².